The largest absolute Gasteiger partial charge is 0.327 e. The minimum Gasteiger partial charge on any atom is -0.327 e. The molecule has 0 fully saturated rings. The number of rotatable bonds is 3. The Morgan fingerprint density at radius 3 is 1.83 bits per heavy atom. The number of hydrogen-bond acceptors (Lipinski definition) is 1. The molecule has 1 unspecified atom stereocenters. The first-order chi connectivity index (χ1) is 8.12. The van der Waals surface area contributed by atoms with E-state index >= 15 is 0 Å². The fraction of sp³-hybridized carbons (Fsp3) is 0.647. The molecule has 1 aromatic carbocycles. The smallest absolute Gasteiger partial charge is 0.0103 e. The fourth-order valence-corrected chi connectivity index (χ4v) is 2.22. The van der Waals surface area contributed by atoms with E-state index in [-0.39, 0.29) is 11.5 Å². The van der Waals surface area contributed by atoms with E-state index < -0.39 is 0 Å². The van der Waals surface area contributed by atoms with Crippen LogP contribution < -0.4 is 5.73 Å². The van der Waals surface area contributed by atoms with E-state index in [1.165, 1.54) is 22.3 Å². The van der Waals surface area contributed by atoms with Gasteiger partial charge in [-0.1, -0.05) is 46.8 Å². The number of aryl methyl sites for hydroxylation is 2. The van der Waals surface area contributed by atoms with E-state index in [1.54, 1.807) is 0 Å². The minimum absolute atomic E-state index is 0.216. The molecule has 1 aromatic rings. The van der Waals surface area contributed by atoms with Crippen LogP contribution in [0.1, 0.15) is 56.9 Å². The number of hydrogen-bond donors (Lipinski definition) is 1. The van der Waals surface area contributed by atoms with Crippen LogP contribution >= 0.6 is 0 Å². The monoisotopic (exact) mass is 247 g/mol. The van der Waals surface area contributed by atoms with Gasteiger partial charge >= 0.3 is 0 Å². The van der Waals surface area contributed by atoms with Crippen LogP contribution in [0.15, 0.2) is 12.1 Å². The lowest BCUT2D eigenvalue weighted by Crippen LogP contribution is -2.29. The third kappa shape index (κ3) is 3.58. The lowest BCUT2D eigenvalue weighted by molar-refractivity contribution is 0.489. The highest BCUT2D eigenvalue weighted by molar-refractivity contribution is 5.40. The summed E-state index contributed by atoms with van der Waals surface area (Å²) in [6, 6.07) is 4.91. The van der Waals surface area contributed by atoms with Gasteiger partial charge in [0.05, 0.1) is 0 Å². The molecule has 0 aliphatic rings. The van der Waals surface area contributed by atoms with Crippen LogP contribution in [0.3, 0.4) is 0 Å². The van der Waals surface area contributed by atoms with Crippen molar-refractivity contribution < 1.29 is 0 Å². The van der Waals surface area contributed by atoms with Crippen LogP contribution in [0.5, 0.6) is 0 Å². The topological polar surface area (TPSA) is 26.0 Å². The zero-order valence-electron chi connectivity index (χ0n) is 13.1. The Morgan fingerprint density at radius 2 is 1.50 bits per heavy atom. The minimum atomic E-state index is 0.216. The van der Waals surface area contributed by atoms with Crippen LogP contribution in [0.2, 0.25) is 0 Å². The lowest BCUT2D eigenvalue weighted by atomic mass is 9.82. The average molecular weight is 247 g/mol. The Hall–Kier alpha value is -0.820. The summed E-state index contributed by atoms with van der Waals surface area (Å²) < 4.78 is 0. The normalized spacial score (nSPS) is 14.1. The summed E-state index contributed by atoms with van der Waals surface area (Å²) in [6.45, 7) is 15.6. The molecule has 102 valence electrons. The molecule has 0 bridgehead atoms. The molecule has 1 rings (SSSR count). The average Bonchev–Trinajstić information content (AvgIpc) is 2.21. The van der Waals surface area contributed by atoms with Crippen molar-refractivity contribution in [2.75, 3.05) is 0 Å². The van der Waals surface area contributed by atoms with Crippen molar-refractivity contribution in [1.82, 2.24) is 0 Å². The third-order valence-corrected chi connectivity index (χ3v) is 3.86. The van der Waals surface area contributed by atoms with Gasteiger partial charge < -0.3 is 5.73 Å². The van der Waals surface area contributed by atoms with Gasteiger partial charge in [-0.05, 0) is 53.9 Å². The predicted molar refractivity (Wildman–Crippen MR) is 81.1 cm³/mol. The SMILES string of the molecule is Cc1cc(C(C)(C)C)cc(C)c1CC(N)C(C)C. The van der Waals surface area contributed by atoms with Gasteiger partial charge in [0.15, 0.2) is 0 Å². The van der Waals surface area contributed by atoms with E-state index in [0.29, 0.717) is 5.92 Å². The van der Waals surface area contributed by atoms with Crippen LogP contribution in [0.4, 0.5) is 0 Å². The maximum Gasteiger partial charge on any atom is 0.0103 e. The summed E-state index contributed by atoms with van der Waals surface area (Å²) in [4.78, 5) is 0. The summed E-state index contributed by atoms with van der Waals surface area (Å²) in [7, 11) is 0. The van der Waals surface area contributed by atoms with Crippen LogP contribution in [0.25, 0.3) is 0 Å². The number of nitrogens with two attached hydrogens (primary N) is 1. The highest BCUT2D eigenvalue weighted by Crippen LogP contribution is 2.27. The fourth-order valence-electron chi connectivity index (χ4n) is 2.22. The van der Waals surface area contributed by atoms with Crippen molar-refractivity contribution in [3.8, 4) is 0 Å². The molecule has 18 heavy (non-hydrogen) atoms. The molecule has 1 nitrogen and oxygen atoms in total. The van der Waals surface area contributed by atoms with E-state index in [1.807, 2.05) is 0 Å². The predicted octanol–water partition coefficient (Wildman–Crippen LogP) is 4.13. The highest BCUT2D eigenvalue weighted by atomic mass is 14.6. The quantitative estimate of drug-likeness (QED) is 0.854. The Morgan fingerprint density at radius 1 is 1.06 bits per heavy atom. The lowest BCUT2D eigenvalue weighted by Gasteiger charge is -2.24. The maximum atomic E-state index is 6.21. The molecule has 0 saturated carbocycles. The summed E-state index contributed by atoms with van der Waals surface area (Å²) >= 11 is 0. The van der Waals surface area contributed by atoms with Crippen LogP contribution in [-0.2, 0) is 11.8 Å². The molecular formula is C17H29N. The molecule has 0 aliphatic heterocycles. The molecule has 0 amide bonds. The van der Waals surface area contributed by atoms with Gasteiger partial charge in [0.25, 0.3) is 0 Å². The van der Waals surface area contributed by atoms with Gasteiger partial charge in [0, 0.05) is 6.04 Å². The second-order valence-electron chi connectivity index (χ2n) is 6.95. The molecular weight excluding hydrogens is 218 g/mol. The second-order valence-corrected chi connectivity index (χ2v) is 6.95. The van der Waals surface area contributed by atoms with E-state index in [9.17, 15) is 0 Å². The van der Waals surface area contributed by atoms with Gasteiger partial charge in [-0.3, -0.25) is 0 Å². The molecule has 0 saturated heterocycles. The summed E-state index contributed by atoms with van der Waals surface area (Å²) in [5.74, 6) is 0.533. The maximum absolute atomic E-state index is 6.21. The van der Waals surface area contributed by atoms with Gasteiger partial charge in [-0.15, -0.1) is 0 Å². The Balaban J connectivity index is 3.10. The van der Waals surface area contributed by atoms with Gasteiger partial charge in [-0.2, -0.15) is 0 Å². The molecule has 0 aliphatic carbocycles. The Kier molecular flexibility index (Phi) is 4.61. The van der Waals surface area contributed by atoms with Crippen molar-refractivity contribution in [1.29, 1.82) is 0 Å². The summed E-state index contributed by atoms with van der Waals surface area (Å²) in [5, 5.41) is 0. The standard InChI is InChI=1S/C17H29N/c1-11(2)16(18)10-15-12(3)8-14(9-13(15)4)17(5,6)7/h8-9,11,16H,10,18H2,1-7H3. The first-order valence-corrected chi connectivity index (χ1v) is 6.99. The highest BCUT2D eigenvalue weighted by Gasteiger charge is 2.18. The first-order valence-electron chi connectivity index (χ1n) is 6.99. The van der Waals surface area contributed by atoms with Crippen LogP contribution in [0, 0.1) is 19.8 Å². The van der Waals surface area contributed by atoms with Crippen molar-refractivity contribution in [3.05, 3.63) is 34.4 Å². The first kappa shape index (κ1) is 15.2. The van der Waals surface area contributed by atoms with E-state index in [4.69, 9.17) is 5.73 Å². The molecule has 0 spiro atoms. The zero-order valence-corrected chi connectivity index (χ0v) is 13.1. The van der Waals surface area contributed by atoms with Crippen LogP contribution in [-0.4, -0.2) is 6.04 Å². The van der Waals surface area contributed by atoms with Gasteiger partial charge in [-0.25, -0.2) is 0 Å². The van der Waals surface area contributed by atoms with Crippen molar-refractivity contribution >= 4 is 0 Å². The van der Waals surface area contributed by atoms with Gasteiger partial charge in [0.1, 0.15) is 0 Å². The zero-order chi connectivity index (χ0) is 14.1. The van der Waals surface area contributed by atoms with E-state index in [2.05, 4.69) is 60.6 Å². The number of benzene rings is 1. The molecule has 0 radical (unpaired) electrons. The molecule has 1 atom stereocenters. The Labute approximate surface area is 113 Å². The van der Waals surface area contributed by atoms with Crippen molar-refractivity contribution in [2.24, 2.45) is 11.7 Å². The van der Waals surface area contributed by atoms with E-state index in [0.717, 1.165) is 6.42 Å². The summed E-state index contributed by atoms with van der Waals surface area (Å²) in [5.41, 5.74) is 12.0. The molecule has 0 aromatic heterocycles. The Bertz CT molecular complexity index is 387. The second kappa shape index (κ2) is 5.44. The third-order valence-electron chi connectivity index (χ3n) is 3.86. The van der Waals surface area contributed by atoms with Gasteiger partial charge in [0.2, 0.25) is 0 Å². The summed E-state index contributed by atoms with van der Waals surface area (Å²) in [6.07, 6.45) is 0.986. The molecule has 1 heteroatoms. The molecule has 0 heterocycles. The van der Waals surface area contributed by atoms with Crippen molar-refractivity contribution in [2.45, 2.75) is 66.3 Å². The van der Waals surface area contributed by atoms with Crippen molar-refractivity contribution in [3.63, 3.8) is 0 Å². The molecule has 2 N–H and O–H groups in total.